The monoisotopic (exact) mass is 696 g/mol. The van der Waals surface area contributed by atoms with Crippen LogP contribution in [0.1, 0.15) is 13.8 Å². The van der Waals surface area contributed by atoms with Gasteiger partial charge in [0.05, 0.1) is 65.3 Å². The van der Waals surface area contributed by atoms with Crippen LogP contribution in [0.25, 0.3) is 40.6 Å². The van der Waals surface area contributed by atoms with Gasteiger partial charge in [-0.05, 0) is 26.0 Å². The summed E-state index contributed by atoms with van der Waals surface area (Å²) in [6.45, 7) is 3.18. The minimum Gasteiger partial charge on any atom is -0.493 e. The fourth-order valence-corrected chi connectivity index (χ4v) is 7.09. The van der Waals surface area contributed by atoms with Crippen molar-refractivity contribution in [2.75, 3.05) is 35.5 Å². The average Bonchev–Trinajstić information content (AvgIpc) is 3.63. The third kappa shape index (κ3) is 6.61. The normalized spacial score (nSPS) is 11.1. The summed E-state index contributed by atoms with van der Waals surface area (Å²) in [6.07, 6.45) is 2.49. The molecule has 16 heteroatoms. The lowest BCUT2D eigenvalue weighted by molar-refractivity contribution is -0.148. The summed E-state index contributed by atoms with van der Waals surface area (Å²) in [4.78, 5) is 57.1. The molecule has 6 rings (SSSR count). The van der Waals surface area contributed by atoms with Gasteiger partial charge in [0.25, 0.3) is 11.1 Å². The van der Waals surface area contributed by atoms with Crippen molar-refractivity contribution < 1.29 is 38.0 Å². The molecule has 14 nitrogen and oxygen atoms in total. The van der Waals surface area contributed by atoms with Crippen LogP contribution in [-0.2, 0) is 32.2 Å². The van der Waals surface area contributed by atoms with Crippen LogP contribution in [0.5, 0.6) is 23.0 Å². The molecule has 252 valence electrons. The molecule has 0 aliphatic carbocycles. The fourth-order valence-electron chi connectivity index (χ4n) is 4.86. The van der Waals surface area contributed by atoms with E-state index < -0.39 is 11.9 Å². The van der Waals surface area contributed by atoms with E-state index in [1.807, 2.05) is 12.1 Å². The zero-order chi connectivity index (χ0) is 34.7. The number of hydrogen-bond acceptors (Lipinski definition) is 14. The second-order valence-electron chi connectivity index (χ2n) is 10.4. The third-order valence-corrected chi connectivity index (χ3v) is 9.35. The van der Waals surface area contributed by atoms with Crippen molar-refractivity contribution in [3.05, 3.63) is 57.6 Å². The molecule has 0 aliphatic heterocycles. The molecule has 0 saturated carbocycles. The largest absolute Gasteiger partial charge is 0.493 e. The molecule has 0 unspecified atom stereocenters. The number of methoxy groups -OCH3 is 5. The molecule has 0 bridgehead atoms. The van der Waals surface area contributed by atoms with Crippen molar-refractivity contribution in [1.82, 2.24) is 19.1 Å². The zero-order valence-electron chi connectivity index (χ0n) is 27.1. The minimum absolute atomic E-state index is 0.166. The number of ether oxygens (including phenoxy) is 6. The minimum atomic E-state index is -0.502. The number of hydrogen-bond donors (Lipinski definition) is 0. The van der Waals surface area contributed by atoms with Crippen LogP contribution in [0.15, 0.2) is 46.5 Å². The van der Waals surface area contributed by atoms with Crippen LogP contribution in [-0.4, -0.2) is 72.7 Å². The Labute approximate surface area is 281 Å². The summed E-state index contributed by atoms with van der Waals surface area (Å²) in [5, 5.41) is 1.62. The number of carbonyl (C=O) groups is 2. The number of fused-ring (bicyclic) bond motifs is 6. The molecule has 4 aromatic heterocycles. The second-order valence-corrected chi connectivity index (χ2v) is 12.5. The lowest BCUT2D eigenvalue weighted by Gasteiger charge is -2.09. The first-order valence-corrected chi connectivity index (χ1v) is 16.0. The molecule has 0 N–H and O–H groups in total. The van der Waals surface area contributed by atoms with Gasteiger partial charge in [0.1, 0.15) is 22.5 Å². The summed E-state index contributed by atoms with van der Waals surface area (Å²) in [7, 11) is 7.49. The number of carbonyl (C=O) groups excluding carboxylic acids is 2. The molecule has 0 saturated heterocycles. The molecular weight excluding hydrogens is 665 g/mol. The Hall–Kier alpha value is -5.22. The van der Waals surface area contributed by atoms with Crippen molar-refractivity contribution in [3.8, 4) is 23.0 Å². The van der Waals surface area contributed by atoms with Crippen molar-refractivity contribution in [1.29, 1.82) is 0 Å². The van der Waals surface area contributed by atoms with Crippen LogP contribution in [0.3, 0.4) is 0 Å². The molecule has 0 amide bonds. The van der Waals surface area contributed by atoms with Gasteiger partial charge >= 0.3 is 11.9 Å². The van der Waals surface area contributed by atoms with Crippen LogP contribution >= 0.6 is 22.7 Å². The van der Waals surface area contributed by atoms with Gasteiger partial charge in [-0.25, -0.2) is 9.97 Å². The molecule has 0 radical (unpaired) electrons. The molecule has 0 atom stereocenters. The van der Waals surface area contributed by atoms with E-state index in [0.29, 0.717) is 43.4 Å². The van der Waals surface area contributed by atoms with E-state index in [1.54, 1.807) is 54.4 Å². The van der Waals surface area contributed by atoms with Crippen LogP contribution in [0.4, 0.5) is 0 Å². The van der Waals surface area contributed by atoms with Gasteiger partial charge in [0, 0.05) is 32.3 Å². The first kappa shape index (κ1) is 34.1. The second kappa shape index (κ2) is 14.3. The van der Waals surface area contributed by atoms with E-state index >= 15 is 0 Å². The van der Waals surface area contributed by atoms with E-state index in [9.17, 15) is 19.2 Å². The van der Waals surface area contributed by atoms with E-state index in [-0.39, 0.29) is 30.3 Å². The Morgan fingerprint density at radius 3 is 1.44 bits per heavy atom. The lowest BCUT2D eigenvalue weighted by atomic mass is 10.2. The Morgan fingerprint density at radius 1 is 0.667 bits per heavy atom. The smallest absolute Gasteiger partial charge is 0.326 e. The predicted octanol–water partition coefficient (Wildman–Crippen LogP) is 4.38. The summed E-state index contributed by atoms with van der Waals surface area (Å²) in [5.41, 5.74) is 0.612. The maximum atomic E-state index is 12.7. The Bertz CT molecular complexity index is 2290. The van der Waals surface area contributed by atoms with E-state index in [4.69, 9.17) is 23.7 Å². The Morgan fingerprint density at radius 2 is 1.06 bits per heavy atom. The molecule has 4 heterocycles. The number of rotatable bonds is 9. The number of nitrogens with zero attached hydrogens (tertiary/aromatic N) is 4. The molecule has 0 aliphatic rings. The molecule has 48 heavy (non-hydrogen) atoms. The highest BCUT2D eigenvalue weighted by Gasteiger charge is 2.18. The van der Waals surface area contributed by atoms with Crippen LogP contribution in [0, 0.1) is 0 Å². The number of aromatic nitrogens is 4. The molecule has 6 aromatic rings. The van der Waals surface area contributed by atoms with Gasteiger partial charge in [-0.3, -0.25) is 28.3 Å². The standard InChI is InChI=1S/C17H18N2O5S.C15H14N2O5S/c1-9(2)24-14(20)7-19-8-18-15-10-5-11(22-3)12(23-4)6-13(10)25-16(15)17(19)21;1-20-9-4-8-11(5-10(9)21-2)23-14-13(8)16-7-17(15(14)19)6-12(18)22-3/h5-6,8-9H,7H2,1-4H3;4-5,7H,6H2,1-3H3. The van der Waals surface area contributed by atoms with Gasteiger partial charge in [-0.1, -0.05) is 0 Å². The summed E-state index contributed by atoms with van der Waals surface area (Å²) < 4.78 is 36.0. The van der Waals surface area contributed by atoms with Gasteiger partial charge < -0.3 is 28.4 Å². The number of thiophene rings is 2. The van der Waals surface area contributed by atoms with Crippen molar-refractivity contribution in [2.24, 2.45) is 0 Å². The highest BCUT2D eigenvalue weighted by molar-refractivity contribution is 7.26. The van der Waals surface area contributed by atoms with Gasteiger partial charge in [-0.15, -0.1) is 22.7 Å². The van der Waals surface area contributed by atoms with Gasteiger partial charge in [0.2, 0.25) is 0 Å². The van der Waals surface area contributed by atoms with Gasteiger partial charge in [-0.2, -0.15) is 0 Å². The number of esters is 2. The van der Waals surface area contributed by atoms with Crippen LogP contribution in [0.2, 0.25) is 0 Å². The highest BCUT2D eigenvalue weighted by atomic mass is 32.1. The highest BCUT2D eigenvalue weighted by Crippen LogP contribution is 2.40. The first-order chi connectivity index (χ1) is 23.0. The molecule has 0 spiro atoms. The first-order valence-electron chi connectivity index (χ1n) is 14.4. The van der Waals surface area contributed by atoms with Gasteiger partial charge in [0.15, 0.2) is 23.0 Å². The Kier molecular flexibility index (Phi) is 10.1. The fraction of sp³-hybridized carbons (Fsp3) is 0.312. The topological polar surface area (TPSA) is 159 Å². The molecular formula is C32H32N4O10S2. The summed E-state index contributed by atoms with van der Waals surface area (Å²) >= 11 is 2.61. The summed E-state index contributed by atoms with van der Waals surface area (Å²) in [6, 6.07) is 7.23. The SMILES string of the molecule is COC(=O)Cn1cnc2c(sc3cc(OC)c(OC)cc32)c1=O.COc1cc2sc3c(=O)n(CC(=O)OC(C)C)cnc3c2cc1OC. The van der Waals surface area contributed by atoms with E-state index in [1.165, 1.54) is 51.6 Å². The van der Waals surface area contributed by atoms with Crippen molar-refractivity contribution in [3.63, 3.8) is 0 Å². The lowest BCUT2D eigenvalue weighted by Crippen LogP contribution is -2.26. The zero-order valence-corrected chi connectivity index (χ0v) is 28.8. The predicted molar refractivity (Wildman–Crippen MR) is 182 cm³/mol. The maximum absolute atomic E-state index is 12.7. The van der Waals surface area contributed by atoms with E-state index in [2.05, 4.69) is 14.7 Å². The Balaban J connectivity index is 0.000000188. The average molecular weight is 697 g/mol. The molecule has 2 aromatic carbocycles. The molecule has 0 fully saturated rings. The quantitative estimate of drug-likeness (QED) is 0.197. The van der Waals surface area contributed by atoms with Crippen molar-refractivity contribution >= 4 is 75.2 Å². The number of benzene rings is 2. The van der Waals surface area contributed by atoms with E-state index in [0.717, 1.165) is 20.2 Å². The summed E-state index contributed by atoms with van der Waals surface area (Å²) in [5.74, 6) is 1.34. The van der Waals surface area contributed by atoms with Crippen molar-refractivity contribution in [2.45, 2.75) is 33.0 Å². The maximum Gasteiger partial charge on any atom is 0.326 e. The van der Waals surface area contributed by atoms with Crippen LogP contribution < -0.4 is 30.1 Å². The third-order valence-electron chi connectivity index (χ3n) is 7.09.